The van der Waals surface area contributed by atoms with Gasteiger partial charge in [-0.25, -0.2) is 12.8 Å². The molecule has 1 heterocycles. The van der Waals surface area contributed by atoms with Gasteiger partial charge in [-0.3, -0.25) is 4.98 Å². The van der Waals surface area contributed by atoms with E-state index in [2.05, 4.69) is 10.3 Å². The summed E-state index contributed by atoms with van der Waals surface area (Å²) in [4.78, 5) is 4.11. The number of anilines is 1. The zero-order valence-corrected chi connectivity index (χ0v) is 12.5. The summed E-state index contributed by atoms with van der Waals surface area (Å²) < 4.78 is 40.2. The highest BCUT2D eigenvalue weighted by Crippen LogP contribution is 2.21. The fourth-order valence-corrected chi connectivity index (χ4v) is 2.27. The maximum Gasteiger partial charge on any atom is 0.149 e. The molecule has 114 valence electrons. The quantitative estimate of drug-likeness (QED) is 0.790. The van der Waals surface area contributed by atoms with Crippen LogP contribution in [0.5, 0.6) is 0 Å². The van der Waals surface area contributed by atoms with Gasteiger partial charge in [0, 0.05) is 36.1 Å². The molecule has 0 spiro atoms. The summed E-state index contributed by atoms with van der Waals surface area (Å²) in [5, 5.41) is 4.00. The molecule has 0 aliphatic carbocycles. The molecule has 0 bridgehead atoms. The van der Waals surface area contributed by atoms with Crippen LogP contribution < -0.4 is 5.32 Å². The second-order valence-corrected chi connectivity index (χ2v) is 6.95. The van der Waals surface area contributed by atoms with Gasteiger partial charge in [-0.2, -0.15) is 0 Å². The molecule has 5 nitrogen and oxygen atoms in total. The summed E-state index contributed by atoms with van der Waals surface area (Å²) in [6.07, 6.45) is 2.78. The van der Waals surface area contributed by atoms with Crippen LogP contribution in [0, 0.1) is 5.82 Å². The highest BCUT2D eigenvalue weighted by Gasteiger charge is 2.03. The second-order valence-electron chi connectivity index (χ2n) is 4.69. The summed E-state index contributed by atoms with van der Waals surface area (Å²) in [7, 11) is -2.99. The van der Waals surface area contributed by atoms with Crippen molar-refractivity contribution in [2.75, 3.05) is 37.1 Å². The molecule has 1 aromatic heterocycles. The van der Waals surface area contributed by atoms with Crippen LogP contribution in [0.3, 0.4) is 0 Å². The third-order valence-electron chi connectivity index (χ3n) is 2.87. The van der Waals surface area contributed by atoms with E-state index in [1.54, 1.807) is 18.3 Å². The number of sulfone groups is 1. The number of pyridine rings is 1. The van der Waals surface area contributed by atoms with Crippen molar-refractivity contribution in [1.82, 2.24) is 4.98 Å². The first-order valence-electron chi connectivity index (χ1n) is 6.49. The number of aromatic nitrogens is 1. The van der Waals surface area contributed by atoms with Crippen LogP contribution in [-0.2, 0) is 14.6 Å². The number of rotatable bonds is 7. The molecule has 1 N–H and O–H groups in total. The summed E-state index contributed by atoms with van der Waals surface area (Å²) in [6, 6.07) is 6.24. The molecule has 21 heavy (non-hydrogen) atoms. The fraction of sp³-hybridized carbons (Fsp3) is 0.357. The van der Waals surface area contributed by atoms with Gasteiger partial charge >= 0.3 is 0 Å². The minimum Gasteiger partial charge on any atom is -0.382 e. The van der Waals surface area contributed by atoms with Crippen molar-refractivity contribution in [3.8, 4) is 0 Å². The molecule has 0 fully saturated rings. The van der Waals surface area contributed by atoms with Gasteiger partial charge in [0.15, 0.2) is 0 Å². The van der Waals surface area contributed by atoms with Crippen molar-refractivity contribution in [3.05, 3.63) is 36.3 Å². The zero-order valence-electron chi connectivity index (χ0n) is 11.7. The Bertz CT molecular complexity index is 719. The molecule has 0 saturated heterocycles. The summed E-state index contributed by atoms with van der Waals surface area (Å²) in [5.74, 6) is -0.305. The van der Waals surface area contributed by atoms with Gasteiger partial charge in [-0.1, -0.05) is 0 Å². The van der Waals surface area contributed by atoms with E-state index in [4.69, 9.17) is 4.74 Å². The van der Waals surface area contributed by atoms with Crippen LogP contribution in [0.2, 0.25) is 0 Å². The molecule has 2 rings (SSSR count). The van der Waals surface area contributed by atoms with Crippen molar-refractivity contribution in [2.45, 2.75) is 0 Å². The van der Waals surface area contributed by atoms with Gasteiger partial charge in [0.25, 0.3) is 0 Å². The number of fused-ring (bicyclic) bond motifs is 1. The molecule has 1 aromatic carbocycles. The monoisotopic (exact) mass is 312 g/mol. The normalized spacial score (nSPS) is 11.7. The Morgan fingerprint density at radius 3 is 2.86 bits per heavy atom. The van der Waals surface area contributed by atoms with Crippen LogP contribution in [0.25, 0.3) is 10.9 Å². The standard InChI is InChI=1S/C14H17FN2O3S/c1-21(18,19)9-8-20-7-6-17-13-4-5-16-14-10-11(15)2-3-12(13)14/h2-5,10H,6-9H2,1H3,(H,16,17). The first kappa shape index (κ1) is 15.7. The van der Waals surface area contributed by atoms with Crippen molar-refractivity contribution >= 4 is 26.4 Å². The fourth-order valence-electron chi connectivity index (χ4n) is 1.85. The maximum absolute atomic E-state index is 13.1. The Kier molecular flexibility index (Phi) is 5.08. The number of nitrogens with one attached hydrogen (secondary N) is 1. The van der Waals surface area contributed by atoms with Crippen LogP contribution in [0.4, 0.5) is 10.1 Å². The maximum atomic E-state index is 13.1. The van der Waals surface area contributed by atoms with Crippen LogP contribution in [-0.4, -0.2) is 45.2 Å². The molecule has 0 saturated carbocycles. The number of hydrogen-bond donors (Lipinski definition) is 1. The smallest absolute Gasteiger partial charge is 0.149 e. The average Bonchev–Trinajstić information content (AvgIpc) is 2.41. The molecule has 0 atom stereocenters. The van der Waals surface area contributed by atoms with E-state index < -0.39 is 9.84 Å². The lowest BCUT2D eigenvalue weighted by Crippen LogP contribution is -2.15. The minimum absolute atomic E-state index is 0.0183. The molecule has 0 unspecified atom stereocenters. The SMILES string of the molecule is CS(=O)(=O)CCOCCNc1ccnc2cc(F)ccc12. The zero-order chi connectivity index (χ0) is 15.3. The number of nitrogens with zero attached hydrogens (tertiary/aromatic N) is 1. The summed E-state index contributed by atoms with van der Waals surface area (Å²) >= 11 is 0. The van der Waals surface area contributed by atoms with Crippen LogP contribution >= 0.6 is 0 Å². The molecule has 0 aliphatic heterocycles. The van der Waals surface area contributed by atoms with E-state index in [-0.39, 0.29) is 18.2 Å². The van der Waals surface area contributed by atoms with E-state index in [1.165, 1.54) is 18.4 Å². The number of hydrogen-bond acceptors (Lipinski definition) is 5. The molecular formula is C14H17FN2O3S. The Hall–Kier alpha value is -1.73. The third-order valence-corrected chi connectivity index (χ3v) is 3.77. The van der Waals surface area contributed by atoms with Crippen molar-refractivity contribution in [1.29, 1.82) is 0 Å². The minimum atomic E-state index is -2.99. The van der Waals surface area contributed by atoms with E-state index in [0.717, 1.165) is 11.1 Å². The summed E-state index contributed by atoms with van der Waals surface area (Å²) in [5.41, 5.74) is 1.42. The second kappa shape index (κ2) is 6.82. The molecule has 2 aromatic rings. The molecule has 0 aliphatic rings. The number of halogens is 1. The Balaban J connectivity index is 1.86. The highest BCUT2D eigenvalue weighted by molar-refractivity contribution is 7.90. The molecule has 0 amide bonds. The summed E-state index contributed by atoms with van der Waals surface area (Å²) in [6.45, 7) is 1.10. The van der Waals surface area contributed by atoms with E-state index in [0.29, 0.717) is 18.7 Å². The van der Waals surface area contributed by atoms with E-state index in [9.17, 15) is 12.8 Å². The Labute approximate surface area is 123 Å². The van der Waals surface area contributed by atoms with Gasteiger partial charge in [0.1, 0.15) is 15.7 Å². The number of benzene rings is 1. The van der Waals surface area contributed by atoms with Gasteiger partial charge in [-0.05, 0) is 18.2 Å². The molecule has 0 radical (unpaired) electrons. The Morgan fingerprint density at radius 2 is 2.10 bits per heavy atom. The first-order valence-corrected chi connectivity index (χ1v) is 8.55. The van der Waals surface area contributed by atoms with Crippen LogP contribution in [0.15, 0.2) is 30.5 Å². The Morgan fingerprint density at radius 1 is 1.29 bits per heavy atom. The van der Waals surface area contributed by atoms with Crippen molar-refractivity contribution in [3.63, 3.8) is 0 Å². The lowest BCUT2D eigenvalue weighted by atomic mass is 10.2. The lowest BCUT2D eigenvalue weighted by molar-refractivity contribution is 0.159. The van der Waals surface area contributed by atoms with Gasteiger partial charge in [0.05, 0.1) is 24.5 Å². The van der Waals surface area contributed by atoms with Gasteiger partial charge < -0.3 is 10.1 Å². The van der Waals surface area contributed by atoms with E-state index in [1.807, 2.05) is 0 Å². The largest absolute Gasteiger partial charge is 0.382 e. The first-order chi connectivity index (χ1) is 9.96. The van der Waals surface area contributed by atoms with Gasteiger partial charge in [0.2, 0.25) is 0 Å². The van der Waals surface area contributed by atoms with Gasteiger partial charge in [-0.15, -0.1) is 0 Å². The highest BCUT2D eigenvalue weighted by atomic mass is 32.2. The number of ether oxygens (including phenoxy) is 1. The average molecular weight is 312 g/mol. The molecular weight excluding hydrogens is 295 g/mol. The van der Waals surface area contributed by atoms with Crippen LogP contribution in [0.1, 0.15) is 0 Å². The predicted molar refractivity (Wildman–Crippen MR) is 80.7 cm³/mol. The topological polar surface area (TPSA) is 68.3 Å². The predicted octanol–water partition coefficient (Wildman–Crippen LogP) is 1.85. The lowest BCUT2D eigenvalue weighted by Gasteiger charge is -2.09. The van der Waals surface area contributed by atoms with Crippen molar-refractivity contribution in [2.24, 2.45) is 0 Å². The third kappa shape index (κ3) is 4.95. The van der Waals surface area contributed by atoms with E-state index >= 15 is 0 Å². The molecule has 7 heteroatoms. The van der Waals surface area contributed by atoms with Crippen molar-refractivity contribution < 1.29 is 17.5 Å².